The Kier molecular flexibility index (Phi) is 9.78. The second kappa shape index (κ2) is 17.3. The summed E-state index contributed by atoms with van der Waals surface area (Å²) in [6.45, 7) is 0. The van der Waals surface area contributed by atoms with Crippen LogP contribution in [0, 0.1) is 0 Å². The molecule has 0 N–H and O–H groups in total. The molecule has 0 amide bonds. The van der Waals surface area contributed by atoms with Crippen molar-refractivity contribution in [2.75, 3.05) is 0 Å². The number of aromatic nitrogens is 6. The maximum Gasteiger partial charge on any atom is 0.164 e. The van der Waals surface area contributed by atoms with Crippen molar-refractivity contribution in [3.05, 3.63) is 267 Å². The minimum atomic E-state index is 0.593. The Labute approximate surface area is 432 Å². The summed E-state index contributed by atoms with van der Waals surface area (Å²) in [6, 6.07) is 95.5. The highest BCUT2D eigenvalue weighted by Crippen LogP contribution is 2.47. The van der Waals surface area contributed by atoms with Crippen LogP contribution in [0.4, 0.5) is 0 Å². The van der Waals surface area contributed by atoms with E-state index >= 15 is 0 Å². The molecule has 6 nitrogen and oxygen atoms in total. The summed E-state index contributed by atoms with van der Waals surface area (Å²) in [5.74, 6) is 1.82. The molecule has 0 fully saturated rings. The molecular formula is C69H44N6. The van der Waals surface area contributed by atoms with Crippen molar-refractivity contribution >= 4 is 65.4 Å². The molecule has 0 saturated heterocycles. The zero-order valence-electron chi connectivity index (χ0n) is 40.6. The molecule has 6 heteroatoms. The van der Waals surface area contributed by atoms with E-state index in [2.05, 4.69) is 244 Å². The van der Waals surface area contributed by atoms with Crippen molar-refractivity contribution in [3.63, 3.8) is 0 Å². The first-order valence-electron chi connectivity index (χ1n) is 25.4. The second-order valence-electron chi connectivity index (χ2n) is 19.1. The van der Waals surface area contributed by atoms with Crippen LogP contribution in [0.2, 0.25) is 0 Å². The Hall–Kier alpha value is -10.2. The molecule has 4 aromatic heterocycles. The predicted molar refractivity (Wildman–Crippen MR) is 310 cm³/mol. The lowest BCUT2D eigenvalue weighted by Gasteiger charge is -2.21. The third-order valence-electron chi connectivity index (χ3n) is 14.9. The lowest BCUT2D eigenvalue weighted by Crippen LogP contribution is -2.04. The normalized spacial score (nSPS) is 11.7. The molecule has 0 spiro atoms. The van der Waals surface area contributed by atoms with Crippen molar-refractivity contribution in [1.82, 2.24) is 28.7 Å². The number of benzene rings is 11. The Bertz CT molecular complexity index is 4460. The molecule has 350 valence electrons. The van der Waals surface area contributed by atoms with Crippen LogP contribution in [0.5, 0.6) is 0 Å². The SMILES string of the molecule is c1ccc(-c2nc(-c3ccccc3)nc(-c3cc(-c4ccccc4)c(-n4c5ccc(-n6c7ccccc7c7ccccc76)cc5c5c(-n6c7ccccc7c7ccccc76)cccc54)c(-c4ccccc4)c3)n2)cc1. The Morgan fingerprint density at radius 1 is 0.240 bits per heavy atom. The van der Waals surface area contributed by atoms with Gasteiger partial charge in [0, 0.05) is 65.8 Å². The average Bonchev–Trinajstić information content (AvgIpc) is 4.21. The lowest BCUT2D eigenvalue weighted by atomic mass is 9.92. The molecule has 0 atom stereocenters. The molecule has 0 saturated carbocycles. The van der Waals surface area contributed by atoms with Gasteiger partial charge in [0.15, 0.2) is 17.5 Å². The fraction of sp³-hybridized carbons (Fsp3) is 0. The van der Waals surface area contributed by atoms with Crippen molar-refractivity contribution < 1.29 is 0 Å². The summed E-state index contributed by atoms with van der Waals surface area (Å²) in [5, 5.41) is 7.19. The summed E-state index contributed by atoms with van der Waals surface area (Å²) in [7, 11) is 0. The fourth-order valence-corrected chi connectivity index (χ4v) is 11.6. The van der Waals surface area contributed by atoms with Crippen molar-refractivity contribution in [3.8, 4) is 73.5 Å². The lowest BCUT2D eigenvalue weighted by molar-refractivity contribution is 1.07. The number of nitrogens with zero attached hydrogens (tertiary/aromatic N) is 6. The molecule has 4 heterocycles. The smallest absolute Gasteiger partial charge is 0.164 e. The molecule has 15 aromatic rings. The molecule has 0 unspecified atom stereocenters. The van der Waals surface area contributed by atoms with Crippen LogP contribution in [0.3, 0.4) is 0 Å². The molecule has 0 bridgehead atoms. The van der Waals surface area contributed by atoms with Crippen LogP contribution in [0.15, 0.2) is 267 Å². The Morgan fingerprint density at radius 2 is 0.613 bits per heavy atom. The van der Waals surface area contributed by atoms with Crippen molar-refractivity contribution in [2.24, 2.45) is 0 Å². The molecular weight excluding hydrogens is 913 g/mol. The van der Waals surface area contributed by atoms with E-state index in [4.69, 9.17) is 15.0 Å². The first kappa shape index (κ1) is 42.5. The molecule has 11 aromatic carbocycles. The summed E-state index contributed by atoms with van der Waals surface area (Å²) in [4.78, 5) is 15.7. The highest BCUT2D eigenvalue weighted by molar-refractivity contribution is 6.18. The highest BCUT2D eigenvalue weighted by atomic mass is 15.0. The van der Waals surface area contributed by atoms with E-state index in [0.29, 0.717) is 17.5 Å². The third kappa shape index (κ3) is 6.84. The standard InChI is InChI=1S/C69H44N6/c1-5-22-45(23-6-1)55-42-49(69-71-67(47-26-9-3-10-27-47)70-68(72-69)48-28-11-4-12-29-48)43-56(46-24-7-2-8-25-46)66(55)75-62-41-40-50(73-58-34-17-13-30-51(58)52-31-14-18-35-59(52)73)44-57(62)65-63(38-21-39-64(65)75)74-60-36-19-15-32-53(60)54-33-16-20-37-61(54)74/h1-44H. The van der Waals surface area contributed by atoms with Gasteiger partial charge >= 0.3 is 0 Å². The third-order valence-corrected chi connectivity index (χ3v) is 14.9. The van der Waals surface area contributed by atoms with Gasteiger partial charge < -0.3 is 13.7 Å². The number of hydrogen-bond acceptors (Lipinski definition) is 3. The average molecular weight is 957 g/mol. The van der Waals surface area contributed by atoms with Gasteiger partial charge in [-0.1, -0.05) is 200 Å². The van der Waals surface area contributed by atoms with Crippen LogP contribution in [0.25, 0.3) is 139 Å². The molecule has 75 heavy (non-hydrogen) atoms. The van der Waals surface area contributed by atoms with E-state index in [9.17, 15) is 0 Å². The predicted octanol–water partition coefficient (Wildman–Crippen LogP) is 17.5. The first-order valence-corrected chi connectivity index (χ1v) is 25.4. The minimum absolute atomic E-state index is 0.593. The van der Waals surface area contributed by atoms with Crippen LogP contribution in [0.1, 0.15) is 0 Å². The second-order valence-corrected chi connectivity index (χ2v) is 19.1. The van der Waals surface area contributed by atoms with E-state index in [1.54, 1.807) is 0 Å². The monoisotopic (exact) mass is 956 g/mol. The van der Waals surface area contributed by atoms with Gasteiger partial charge in [0.1, 0.15) is 0 Å². The first-order chi connectivity index (χ1) is 37.2. The van der Waals surface area contributed by atoms with Crippen LogP contribution >= 0.6 is 0 Å². The number of fused-ring (bicyclic) bond motifs is 9. The summed E-state index contributed by atoms with van der Waals surface area (Å²) in [6.07, 6.45) is 0. The van der Waals surface area contributed by atoms with Gasteiger partial charge in [-0.25, -0.2) is 15.0 Å². The van der Waals surface area contributed by atoms with E-state index in [1.165, 1.54) is 32.6 Å². The van der Waals surface area contributed by atoms with Crippen molar-refractivity contribution in [2.45, 2.75) is 0 Å². The maximum absolute atomic E-state index is 5.29. The summed E-state index contributed by atoms with van der Waals surface area (Å²) in [5.41, 5.74) is 17.0. The van der Waals surface area contributed by atoms with Crippen LogP contribution < -0.4 is 0 Å². The van der Waals surface area contributed by atoms with Gasteiger partial charge in [0.2, 0.25) is 0 Å². The fourth-order valence-electron chi connectivity index (χ4n) is 11.6. The molecule has 0 aliphatic carbocycles. The van der Waals surface area contributed by atoms with Gasteiger partial charge in [-0.3, -0.25) is 0 Å². The van der Waals surface area contributed by atoms with Crippen molar-refractivity contribution in [1.29, 1.82) is 0 Å². The zero-order valence-corrected chi connectivity index (χ0v) is 40.6. The van der Waals surface area contributed by atoms with Crippen LogP contribution in [-0.4, -0.2) is 28.7 Å². The van der Waals surface area contributed by atoms with Gasteiger partial charge in [-0.2, -0.15) is 0 Å². The molecule has 0 radical (unpaired) electrons. The number of hydrogen-bond donors (Lipinski definition) is 0. The molecule has 0 aliphatic heterocycles. The maximum atomic E-state index is 5.29. The zero-order chi connectivity index (χ0) is 49.4. The summed E-state index contributed by atoms with van der Waals surface area (Å²) >= 11 is 0. The topological polar surface area (TPSA) is 53.5 Å². The Morgan fingerprint density at radius 3 is 1.08 bits per heavy atom. The van der Waals surface area contributed by atoms with Crippen LogP contribution in [-0.2, 0) is 0 Å². The summed E-state index contributed by atoms with van der Waals surface area (Å²) < 4.78 is 7.42. The van der Waals surface area contributed by atoms with Gasteiger partial charge in [-0.05, 0) is 77.9 Å². The quantitative estimate of drug-likeness (QED) is 0.152. The van der Waals surface area contributed by atoms with E-state index in [-0.39, 0.29) is 0 Å². The molecule has 15 rings (SSSR count). The largest absolute Gasteiger partial charge is 0.309 e. The van der Waals surface area contributed by atoms with Gasteiger partial charge in [0.05, 0.1) is 44.5 Å². The van der Waals surface area contributed by atoms with E-state index in [1.807, 2.05) is 36.4 Å². The van der Waals surface area contributed by atoms with E-state index in [0.717, 1.165) is 88.8 Å². The highest BCUT2D eigenvalue weighted by Gasteiger charge is 2.26. The van der Waals surface area contributed by atoms with Gasteiger partial charge in [0.25, 0.3) is 0 Å². The number of rotatable bonds is 8. The minimum Gasteiger partial charge on any atom is -0.309 e. The Balaban J connectivity index is 1.08. The van der Waals surface area contributed by atoms with Gasteiger partial charge in [-0.15, -0.1) is 0 Å². The number of para-hydroxylation sites is 4. The molecule has 0 aliphatic rings. The van der Waals surface area contributed by atoms with E-state index < -0.39 is 0 Å².